The van der Waals surface area contributed by atoms with Gasteiger partial charge in [0.15, 0.2) is 0 Å². The molecule has 0 rings (SSSR count). The zero-order valence-corrected chi connectivity index (χ0v) is 24.3. The Kier molecular flexibility index (Phi) is 26.6. The third kappa shape index (κ3) is 22.7. The molecule has 0 aliphatic heterocycles. The maximum atomic E-state index is 11.0. The first-order valence-corrected chi connectivity index (χ1v) is 14.0. The van der Waals surface area contributed by atoms with E-state index in [4.69, 9.17) is 0 Å². The van der Waals surface area contributed by atoms with Crippen LogP contribution in [0.2, 0.25) is 0 Å². The van der Waals surface area contributed by atoms with Gasteiger partial charge in [-0.3, -0.25) is 0 Å². The first-order valence-electron chi connectivity index (χ1n) is 12.5. The minimum atomic E-state index is -4.10. The van der Waals surface area contributed by atoms with Crippen LogP contribution < -0.4 is 51.4 Å². The van der Waals surface area contributed by atoms with Crippen LogP contribution in [-0.4, -0.2) is 29.4 Å². The van der Waals surface area contributed by atoms with Crippen LogP contribution in [-0.2, 0) is 10.1 Å². The number of aliphatic hydroxyl groups excluding tert-OH is 1. The largest absolute Gasteiger partial charge is 1.00 e. The molecule has 4 nitrogen and oxygen atoms in total. The van der Waals surface area contributed by atoms with Crippen molar-refractivity contribution in [3.63, 3.8) is 0 Å². The maximum Gasteiger partial charge on any atom is 1.00 e. The molecule has 30 heavy (non-hydrogen) atoms. The van der Waals surface area contributed by atoms with Crippen molar-refractivity contribution in [3.05, 3.63) is 0 Å². The normalized spacial score (nSPS) is 13.7. The second-order valence-corrected chi connectivity index (χ2v) is 10.5. The minimum Gasteiger partial charge on any atom is -0.748 e. The van der Waals surface area contributed by atoms with Gasteiger partial charge in [0.2, 0.25) is 0 Å². The molecular formula is C24H49KO4S. The van der Waals surface area contributed by atoms with Gasteiger partial charge < -0.3 is 9.66 Å². The Balaban J connectivity index is 0. The maximum absolute atomic E-state index is 11.0. The molecule has 176 valence electrons. The fourth-order valence-electron chi connectivity index (χ4n) is 4.02. The van der Waals surface area contributed by atoms with E-state index in [1.165, 1.54) is 83.5 Å². The quantitative estimate of drug-likeness (QED) is 0.146. The summed E-state index contributed by atoms with van der Waals surface area (Å²) in [6.45, 7) is 4.00. The number of rotatable bonds is 22. The van der Waals surface area contributed by atoms with Crippen LogP contribution in [0.5, 0.6) is 0 Å². The molecule has 0 aromatic rings. The molecule has 1 N–H and O–H groups in total. The fourth-order valence-corrected chi connectivity index (χ4v) is 4.89. The Morgan fingerprint density at radius 2 is 0.967 bits per heavy atom. The Hall–Kier alpha value is 1.51. The van der Waals surface area contributed by atoms with Crippen LogP contribution in [0.1, 0.15) is 142 Å². The fraction of sp³-hybridized carbons (Fsp3) is 1.00. The molecule has 0 spiro atoms. The van der Waals surface area contributed by atoms with Crippen LogP contribution in [0.25, 0.3) is 0 Å². The van der Waals surface area contributed by atoms with E-state index in [1.807, 2.05) is 0 Å². The van der Waals surface area contributed by atoms with E-state index in [0.29, 0.717) is 12.8 Å². The van der Waals surface area contributed by atoms with E-state index < -0.39 is 15.4 Å². The predicted molar refractivity (Wildman–Crippen MR) is 123 cm³/mol. The molecule has 0 saturated carbocycles. The summed E-state index contributed by atoms with van der Waals surface area (Å²) >= 11 is 0. The third-order valence-electron chi connectivity index (χ3n) is 6.07. The van der Waals surface area contributed by atoms with Crippen molar-refractivity contribution in [3.8, 4) is 0 Å². The van der Waals surface area contributed by atoms with Gasteiger partial charge >= 0.3 is 51.4 Å². The van der Waals surface area contributed by atoms with Gasteiger partial charge in [0.05, 0.1) is 16.2 Å². The minimum absolute atomic E-state index is 0. The number of hydrogen-bond acceptors (Lipinski definition) is 4. The Morgan fingerprint density at radius 3 is 1.30 bits per heavy atom. The molecule has 0 aliphatic carbocycles. The summed E-state index contributed by atoms with van der Waals surface area (Å²) < 4.78 is 33.1. The Morgan fingerprint density at radius 1 is 0.633 bits per heavy atom. The van der Waals surface area contributed by atoms with Crippen molar-refractivity contribution < 1.29 is 69.5 Å². The molecule has 0 heterocycles. The summed E-state index contributed by atoms with van der Waals surface area (Å²) in [5.74, 6) is 0. The summed E-state index contributed by atoms with van der Waals surface area (Å²) in [7, 11) is -4.10. The van der Waals surface area contributed by atoms with Crippen molar-refractivity contribution in [1.29, 1.82) is 0 Å². The monoisotopic (exact) mass is 472 g/mol. The second-order valence-electron chi connectivity index (χ2n) is 8.85. The van der Waals surface area contributed by atoms with Gasteiger partial charge in [-0.05, 0) is 25.7 Å². The van der Waals surface area contributed by atoms with Crippen molar-refractivity contribution in [2.24, 2.45) is 0 Å². The molecule has 0 saturated heterocycles. The molecule has 0 radical (unpaired) electrons. The molecule has 0 aliphatic rings. The Bertz CT molecular complexity index is 442. The first kappa shape index (κ1) is 33.7. The number of hydrogen-bond donors (Lipinski definition) is 1. The van der Waals surface area contributed by atoms with Crippen LogP contribution in [0.3, 0.4) is 0 Å². The van der Waals surface area contributed by atoms with E-state index in [9.17, 15) is 18.1 Å². The van der Waals surface area contributed by atoms with Crippen LogP contribution in [0.4, 0.5) is 0 Å². The van der Waals surface area contributed by atoms with Gasteiger partial charge in [-0.15, -0.1) is 0 Å². The number of unbranched alkanes of at least 4 members (excludes halogenated alkanes) is 14. The van der Waals surface area contributed by atoms with Gasteiger partial charge in [0.25, 0.3) is 0 Å². The van der Waals surface area contributed by atoms with Crippen molar-refractivity contribution in [2.75, 3.05) is 0 Å². The number of aliphatic hydroxyl groups is 1. The van der Waals surface area contributed by atoms with Crippen molar-refractivity contribution >= 4 is 10.1 Å². The molecule has 0 bridgehead atoms. The van der Waals surface area contributed by atoms with Gasteiger partial charge in [0.1, 0.15) is 0 Å². The van der Waals surface area contributed by atoms with Crippen LogP contribution >= 0.6 is 0 Å². The molecule has 0 aromatic carbocycles. The summed E-state index contributed by atoms with van der Waals surface area (Å²) in [6, 6.07) is 0. The SMILES string of the molecule is CCCCCCC(O)CCCCCCCCCCCCCCC(CC)S(=O)(=O)[O-].[K+]. The van der Waals surface area contributed by atoms with E-state index in [0.717, 1.165) is 32.1 Å². The average molecular weight is 473 g/mol. The van der Waals surface area contributed by atoms with E-state index in [-0.39, 0.29) is 57.5 Å². The molecule has 0 amide bonds. The summed E-state index contributed by atoms with van der Waals surface area (Å²) in [5, 5.41) is 9.28. The predicted octanol–water partition coefficient (Wildman–Crippen LogP) is 4.11. The first-order chi connectivity index (χ1) is 13.9. The van der Waals surface area contributed by atoms with Gasteiger partial charge in [0, 0.05) is 5.25 Å². The Labute approximate surface area is 230 Å². The molecule has 2 atom stereocenters. The molecular weight excluding hydrogens is 423 g/mol. The zero-order chi connectivity index (χ0) is 21.8. The van der Waals surface area contributed by atoms with Gasteiger partial charge in [-0.1, -0.05) is 117 Å². The summed E-state index contributed by atoms with van der Waals surface area (Å²) in [5.41, 5.74) is 0. The van der Waals surface area contributed by atoms with E-state index in [2.05, 4.69) is 6.92 Å². The standard InChI is InChI=1S/C24H50O4S.K/c1-3-5-6-17-20-23(25)21-18-15-13-11-9-7-8-10-12-14-16-19-22-24(4-2)29(26,27)28;/h23-25H,3-22H2,1-2H3,(H,26,27,28);/q;+1/p-1. The molecule has 0 aromatic heterocycles. The van der Waals surface area contributed by atoms with E-state index in [1.54, 1.807) is 6.92 Å². The van der Waals surface area contributed by atoms with Gasteiger partial charge in [-0.25, -0.2) is 8.42 Å². The topological polar surface area (TPSA) is 77.4 Å². The van der Waals surface area contributed by atoms with Crippen molar-refractivity contribution in [2.45, 2.75) is 154 Å². The van der Waals surface area contributed by atoms with Gasteiger partial charge in [-0.2, -0.15) is 0 Å². The molecule has 6 heteroatoms. The van der Waals surface area contributed by atoms with Crippen LogP contribution in [0, 0.1) is 0 Å². The van der Waals surface area contributed by atoms with Crippen LogP contribution in [0.15, 0.2) is 0 Å². The molecule has 0 fully saturated rings. The zero-order valence-electron chi connectivity index (χ0n) is 20.4. The second kappa shape index (κ2) is 23.7. The average Bonchev–Trinajstić information content (AvgIpc) is 2.67. The van der Waals surface area contributed by atoms with Crippen molar-refractivity contribution in [1.82, 2.24) is 0 Å². The summed E-state index contributed by atoms with van der Waals surface area (Å²) in [6.07, 6.45) is 22.3. The van der Waals surface area contributed by atoms with E-state index >= 15 is 0 Å². The molecule has 2 unspecified atom stereocenters. The smallest absolute Gasteiger partial charge is 0.748 e. The summed E-state index contributed by atoms with van der Waals surface area (Å²) in [4.78, 5) is 0. The third-order valence-corrected chi connectivity index (χ3v) is 7.45.